The van der Waals surface area contributed by atoms with E-state index in [2.05, 4.69) is 5.32 Å². The highest BCUT2D eigenvalue weighted by atomic mass is 16.5. The van der Waals surface area contributed by atoms with Gasteiger partial charge in [-0.2, -0.15) is 0 Å². The molecule has 2 N–H and O–H groups in total. The van der Waals surface area contributed by atoms with Crippen molar-refractivity contribution in [1.29, 1.82) is 0 Å². The number of aromatic nitrogens is 1. The van der Waals surface area contributed by atoms with Crippen LogP contribution in [0.2, 0.25) is 0 Å². The Hall–Kier alpha value is -2.92. The normalized spacial score (nSPS) is 13.9. The molecule has 1 aliphatic carbocycles. The number of carbonyl (C=O) groups is 1. The number of nitrogens with zero attached hydrogens (tertiary/aromatic N) is 1. The first kappa shape index (κ1) is 21.8. The maximum Gasteiger partial charge on any atom is 0.252 e. The third-order valence-electron chi connectivity index (χ3n) is 5.34. The Kier molecular flexibility index (Phi) is 7.06. The van der Waals surface area contributed by atoms with Crippen molar-refractivity contribution >= 4 is 16.8 Å². The van der Waals surface area contributed by atoms with Crippen LogP contribution in [0.1, 0.15) is 44.0 Å². The van der Waals surface area contributed by atoms with Crippen LogP contribution in [0.25, 0.3) is 22.2 Å². The zero-order valence-corrected chi connectivity index (χ0v) is 17.9. The molecule has 0 saturated heterocycles. The second-order valence-corrected chi connectivity index (χ2v) is 7.37. The van der Waals surface area contributed by atoms with Crippen molar-refractivity contribution in [1.82, 2.24) is 10.3 Å². The van der Waals surface area contributed by atoms with Crippen molar-refractivity contribution in [2.24, 2.45) is 5.41 Å². The van der Waals surface area contributed by atoms with Crippen LogP contribution in [-0.4, -0.2) is 35.8 Å². The molecule has 1 amide bonds. The summed E-state index contributed by atoms with van der Waals surface area (Å²) in [5.74, 6) is 0.675. The maximum absolute atomic E-state index is 12.9. The minimum Gasteiger partial charge on any atom is -0.494 e. The third-order valence-corrected chi connectivity index (χ3v) is 5.34. The molecule has 158 valence electrons. The fraction of sp³-hybridized carbons (Fsp3) is 0.360. The minimum atomic E-state index is -0.134. The van der Waals surface area contributed by atoms with Crippen LogP contribution < -0.4 is 10.1 Å². The van der Waals surface area contributed by atoms with Gasteiger partial charge < -0.3 is 15.2 Å². The summed E-state index contributed by atoms with van der Waals surface area (Å²) >= 11 is 0. The summed E-state index contributed by atoms with van der Waals surface area (Å²) in [7, 11) is 0. The monoisotopic (exact) mass is 406 g/mol. The molecule has 0 aliphatic heterocycles. The molecule has 0 atom stereocenters. The zero-order chi connectivity index (χ0) is 21.6. The van der Waals surface area contributed by atoms with E-state index >= 15 is 0 Å². The number of ether oxygens (including phenoxy) is 1. The molecule has 4 rings (SSSR count). The highest BCUT2D eigenvalue weighted by molar-refractivity contribution is 6.07. The van der Waals surface area contributed by atoms with E-state index in [1.807, 2.05) is 75.4 Å². The highest BCUT2D eigenvalue weighted by Gasteiger charge is 2.42. The average Bonchev–Trinajstić information content (AvgIpc) is 3.59. The van der Waals surface area contributed by atoms with Gasteiger partial charge in [-0.15, -0.1) is 0 Å². The predicted molar refractivity (Wildman–Crippen MR) is 121 cm³/mol. The first-order chi connectivity index (χ1) is 14.6. The Labute approximate surface area is 178 Å². The fourth-order valence-corrected chi connectivity index (χ4v) is 3.33. The van der Waals surface area contributed by atoms with E-state index in [9.17, 15) is 9.90 Å². The molecule has 1 aromatic heterocycles. The number of fused-ring (bicyclic) bond motifs is 1. The van der Waals surface area contributed by atoms with Crippen molar-refractivity contribution in [3.8, 4) is 17.0 Å². The summed E-state index contributed by atoms with van der Waals surface area (Å²) < 4.78 is 5.50. The summed E-state index contributed by atoms with van der Waals surface area (Å²) in [5, 5.41) is 13.3. The van der Waals surface area contributed by atoms with Crippen molar-refractivity contribution < 1.29 is 14.6 Å². The second-order valence-electron chi connectivity index (χ2n) is 7.37. The van der Waals surface area contributed by atoms with Crippen LogP contribution in [0.4, 0.5) is 0 Å². The lowest BCUT2D eigenvalue weighted by Crippen LogP contribution is -2.32. The van der Waals surface area contributed by atoms with Gasteiger partial charge in [0.2, 0.25) is 0 Å². The Bertz CT molecular complexity index is 995. The molecule has 1 saturated carbocycles. The lowest BCUT2D eigenvalue weighted by molar-refractivity contribution is 0.0937. The van der Waals surface area contributed by atoms with Gasteiger partial charge in [0.25, 0.3) is 5.91 Å². The van der Waals surface area contributed by atoms with Gasteiger partial charge in [0.1, 0.15) is 5.75 Å². The van der Waals surface area contributed by atoms with E-state index in [1.54, 1.807) is 0 Å². The smallest absolute Gasteiger partial charge is 0.252 e. The van der Waals surface area contributed by atoms with E-state index in [1.165, 1.54) is 0 Å². The van der Waals surface area contributed by atoms with Gasteiger partial charge in [-0.25, -0.2) is 4.98 Å². The van der Waals surface area contributed by atoms with Crippen LogP contribution >= 0.6 is 0 Å². The molecule has 0 bridgehead atoms. The number of aliphatic hydroxyl groups excluding tert-OH is 1. The molecule has 30 heavy (non-hydrogen) atoms. The fourth-order valence-electron chi connectivity index (χ4n) is 3.33. The summed E-state index contributed by atoms with van der Waals surface area (Å²) in [6.07, 6.45) is 1.91. The molecule has 0 spiro atoms. The molecule has 0 radical (unpaired) electrons. The SMILES string of the molecule is CC.CCOc1ccc(-c2cc(C(=O)NCC3(CO)CC3)c3ccccc3n2)cc1. The molecule has 1 heterocycles. The molecule has 1 aliphatic rings. The molecule has 5 heteroatoms. The van der Waals surface area contributed by atoms with Gasteiger partial charge in [-0.05, 0) is 56.2 Å². The maximum atomic E-state index is 12.9. The number of benzene rings is 2. The second kappa shape index (κ2) is 9.72. The number of amides is 1. The van der Waals surface area contributed by atoms with Crippen LogP contribution in [0.5, 0.6) is 5.75 Å². The van der Waals surface area contributed by atoms with E-state index in [4.69, 9.17) is 9.72 Å². The van der Waals surface area contributed by atoms with Crippen LogP contribution in [0.3, 0.4) is 0 Å². The predicted octanol–water partition coefficient (Wildman–Crippen LogP) is 4.83. The summed E-state index contributed by atoms with van der Waals surface area (Å²) in [4.78, 5) is 17.7. The average molecular weight is 407 g/mol. The van der Waals surface area contributed by atoms with E-state index in [0.717, 1.165) is 40.8 Å². The van der Waals surface area contributed by atoms with E-state index in [0.29, 0.717) is 18.7 Å². The van der Waals surface area contributed by atoms with Gasteiger partial charge in [0, 0.05) is 22.9 Å². The van der Waals surface area contributed by atoms with E-state index in [-0.39, 0.29) is 17.9 Å². The van der Waals surface area contributed by atoms with Crippen LogP contribution in [0.15, 0.2) is 54.6 Å². The number of hydrogen-bond donors (Lipinski definition) is 2. The first-order valence-electron chi connectivity index (χ1n) is 10.7. The number of nitrogens with one attached hydrogen (secondary N) is 1. The molecule has 5 nitrogen and oxygen atoms in total. The Morgan fingerprint density at radius 3 is 2.47 bits per heavy atom. The van der Waals surface area contributed by atoms with Gasteiger partial charge in [0.15, 0.2) is 0 Å². The third kappa shape index (κ3) is 4.79. The lowest BCUT2D eigenvalue weighted by Gasteiger charge is -2.14. The summed E-state index contributed by atoms with van der Waals surface area (Å²) in [5.41, 5.74) is 2.93. The lowest BCUT2D eigenvalue weighted by atomic mass is 10.0. The number of carbonyl (C=O) groups excluding carboxylic acids is 1. The van der Waals surface area contributed by atoms with E-state index < -0.39 is 0 Å². The molecular formula is C25H30N2O3. The highest BCUT2D eigenvalue weighted by Crippen LogP contribution is 2.44. The topological polar surface area (TPSA) is 71.5 Å². The van der Waals surface area contributed by atoms with Gasteiger partial charge in [-0.3, -0.25) is 4.79 Å². The summed E-state index contributed by atoms with van der Waals surface area (Å²) in [6, 6.07) is 17.2. The molecule has 1 fully saturated rings. The molecule has 0 unspecified atom stereocenters. The summed E-state index contributed by atoms with van der Waals surface area (Å²) in [6.45, 7) is 7.18. The van der Waals surface area contributed by atoms with Crippen molar-refractivity contribution in [2.45, 2.75) is 33.6 Å². The Morgan fingerprint density at radius 1 is 1.13 bits per heavy atom. The molecular weight excluding hydrogens is 376 g/mol. The first-order valence-corrected chi connectivity index (χ1v) is 10.7. The van der Waals surface area contributed by atoms with Crippen LogP contribution in [0, 0.1) is 5.41 Å². The number of para-hydroxylation sites is 1. The molecule has 3 aromatic rings. The molecule has 2 aromatic carbocycles. The Morgan fingerprint density at radius 2 is 1.83 bits per heavy atom. The minimum absolute atomic E-state index is 0.113. The van der Waals surface area contributed by atoms with Gasteiger partial charge >= 0.3 is 0 Å². The largest absolute Gasteiger partial charge is 0.494 e. The van der Waals surface area contributed by atoms with Gasteiger partial charge in [0.05, 0.1) is 30.0 Å². The van der Waals surface area contributed by atoms with Crippen molar-refractivity contribution in [3.63, 3.8) is 0 Å². The standard InChI is InChI=1S/C23H24N2O3.C2H6/c1-2-28-17-9-7-16(8-10-17)21-13-19(18-5-3-4-6-20(18)25-21)22(27)24-14-23(15-26)11-12-23;1-2/h3-10,13,26H,2,11-12,14-15H2,1H3,(H,24,27);1-2H3. The Balaban J connectivity index is 0.00000124. The number of pyridine rings is 1. The zero-order valence-electron chi connectivity index (χ0n) is 17.9. The van der Waals surface area contributed by atoms with Crippen molar-refractivity contribution in [2.75, 3.05) is 19.8 Å². The number of hydrogen-bond acceptors (Lipinski definition) is 4. The number of aliphatic hydroxyl groups is 1. The van der Waals surface area contributed by atoms with Crippen molar-refractivity contribution in [3.05, 3.63) is 60.2 Å². The quantitative estimate of drug-likeness (QED) is 0.590. The number of rotatable bonds is 7. The van der Waals surface area contributed by atoms with Gasteiger partial charge in [-0.1, -0.05) is 32.0 Å². The van der Waals surface area contributed by atoms with Crippen LogP contribution in [-0.2, 0) is 0 Å².